The van der Waals surface area contributed by atoms with Crippen molar-refractivity contribution in [2.75, 3.05) is 39.6 Å². The first-order valence-electron chi connectivity index (χ1n) is 8.33. The van der Waals surface area contributed by atoms with Crippen LogP contribution in [0.2, 0.25) is 0 Å². The molecule has 0 unspecified atom stereocenters. The maximum Gasteiger partial charge on any atom is 0.246 e. The molecule has 1 N–H and O–H groups in total. The molecule has 0 saturated carbocycles. The fraction of sp³-hybridized carbons (Fsp3) is 0.529. The van der Waals surface area contributed by atoms with Crippen LogP contribution in [0.4, 0.5) is 5.69 Å². The molecular weight excluding hydrogens is 358 g/mol. The molecule has 9 heteroatoms. The fourth-order valence-electron chi connectivity index (χ4n) is 2.87. The molecule has 1 saturated heterocycles. The van der Waals surface area contributed by atoms with Crippen LogP contribution in [0.5, 0.6) is 5.75 Å². The molecule has 1 atom stereocenters. The first-order valence-corrected chi connectivity index (χ1v) is 9.77. The molecule has 2 rings (SSSR count). The summed E-state index contributed by atoms with van der Waals surface area (Å²) in [5, 5.41) is 2.76. The van der Waals surface area contributed by atoms with Crippen molar-refractivity contribution < 1.29 is 22.7 Å². The van der Waals surface area contributed by atoms with E-state index in [1.807, 2.05) is 0 Å². The van der Waals surface area contributed by atoms with Crippen LogP contribution in [0, 0.1) is 5.92 Å². The van der Waals surface area contributed by atoms with E-state index in [0.717, 1.165) is 10.7 Å². The minimum absolute atomic E-state index is 0.0168. The molecule has 0 radical (unpaired) electrons. The van der Waals surface area contributed by atoms with Crippen molar-refractivity contribution in [3.8, 4) is 5.75 Å². The van der Waals surface area contributed by atoms with E-state index in [0.29, 0.717) is 25.2 Å². The van der Waals surface area contributed by atoms with Crippen LogP contribution in [0.25, 0.3) is 0 Å². The van der Waals surface area contributed by atoms with E-state index in [-0.39, 0.29) is 28.4 Å². The third kappa shape index (κ3) is 4.34. The molecule has 144 valence electrons. The first-order chi connectivity index (χ1) is 12.2. The lowest BCUT2D eigenvalue weighted by Crippen LogP contribution is -2.42. The summed E-state index contributed by atoms with van der Waals surface area (Å²) in [5.74, 6) is -0.388. The van der Waals surface area contributed by atoms with Crippen LogP contribution in [0.1, 0.15) is 19.8 Å². The van der Waals surface area contributed by atoms with Gasteiger partial charge in [-0.2, -0.15) is 0 Å². The lowest BCUT2D eigenvalue weighted by Gasteiger charge is -2.31. The number of amides is 2. The predicted molar refractivity (Wildman–Crippen MR) is 97.5 cm³/mol. The minimum Gasteiger partial charge on any atom is -0.495 e. The Balaban J connectivity index is 2.22. The molecule has 2 amide bonds. The van der Waals surface area contributed by atoms with Crippen LogP contribution in [-0.4, -0.2) is 63.7 Å². The van der Waals surface area contributed by atoms with Gasteiger partial charge in [0.15, 0.2) is 0 Å². The summed E-state index contributed by atoms with van der Waals surface area (Å²) in [7, 11) is 0.529. The molecule has 1 heterocycles. The van der Waals surface area contributed by atoms with Gasteiger partial charge in [0.1, 0.15) is 10.6 Å². The number of carbonyl (C=O) groups excluding carboxylic acids is 2. The zero-order valence-electron chi connectivity index (χ0n) is 15.5. The van der Waals surface area contributed by atoms with E-state index in [9.17, 15) is 18.0 Å². The highest BCUT2D eigenvalue weighted by Gasteiger charge is 2.28. The number of sulfonamides is 1. The van der Waals surface area contributed by atoms with E-state index in [1.165, 1.54) is 40.3 Å². The van der Waals surface area contributed by atoms with Crippen LogP contribution >= 0.6 is 0 Å². The number of likely N-dealkylation sites (tertiary alicyclic amines) is 1. The summed E-state index contributed by atoms with van der Waals surface area (Å²) < 4.78 is 31.1. The Morgan fingerprint density at radius 1 is 1.31 bits per heavy atom. The molecule has 8 nitrogen and oxygen atoms in total. The third-order valence-electron chi connectivity index (χ3n) is 4.43. The topological polar surface area (TPSA) is 96.0 Å². The monoisotopic (exact) mass is 383 g/mol. The van der Waals surface area contributed by atoms with Crippen molar-refractivity contribution in [1.82, 2.24) is 9.21 Å². The van der Waals surface area contributed by atoms with Gasteiger partial charge in [0.25, 0.3) is 0 Å². The van der Waals surface area contributed by atoms with Crippen LogP contribution in [0.15, 0.2) is 23.1 Å². The van der Waals surface area contributed by atoms with Crippen molar-refractivity contribution >= 4 is 27.5 Å². The molecule has 1 aliphatic heterocycles. The average molecular weight is 383 g/mol. The average Bonchev–Trinajstić information content (AvgIpc) is 2.61. The summed E-state index contributed by atoms with van der Waals surface area (Å²) in [6, 6.07) is 4.49. The number of rotatable bonds is 5. The number of carbonyl (C=O) groups is 2. The normalized spacial score (nSPS) is 17.9. The Bertz CT molecular complexity index is 792. The largest absolute Gasteiger partial charge is 0.495 e. The molecule has 1 aromatic rings. The quantitative estimate of drug-likeness (QED) is 0.823. The highest BCUT2D eigenvalue weighted by Crippen LogP contribution is 2.29. The van der Waals surface area contributed by atoms with Crippen molar-refractivity contribution in [2.24, 2.45) is 5.92 Å². The zero-order valence-corrected chi connectivity index (χ0v) is 16.3. The maximum atomic E-state index is 12.5. The number of methoxy groups -OCH3 is 1. The SMILES string of the molecule is COc1ccc(NC(=O)[C@H]2CCCN(C(C)=O)C2)cc1S(=O)(=O)N(C)C. The number of piperidine rings is 1. The molecule has 0 bridgehead atoms. The van der Waals surface area contributed by atoms with Crippen molar-refractivity contribution in [1.29, 1.82) is 0 Å². The maximum absolute atomic E-state index is 12.5. The Labute approximate surface area is 154 Å². The molecule has 0 spiro atoms. The summed E-state index contributed by atoms with van der Waals surface area (Å²) in [5.41, 5.74) is 0.371. The molecule has 0 aliphatic carbocycles. The molecular formula is C17H25N3O5S. The lowest BCUT2D eigenvalue weighted by molar-refractivity contribution is -0.132. The number of anilines is 1. The van der Waals surface area contributed by atoms with Gasteiger partial charge in [-0.3, -0.25) is 9.59 Å². The highest BCUT2D eigenvalue weighted by atomic mass is 32.2. The van der Waals surface area contributed by atoms with E-state index in [1.54, 1.807) is 11.0 Å². The first kappa shape index (κ1) is 20.2. The fourth-order valence-corrected chi connectivity index (χ4v) is 3.95. The lowest BCUT2D eigenvalue weighted by atomic mass is 9.97. The Kier molecular flexibility index (Phi) is 6.25. The van der Waals surface area contributed by atoms with Gasteiger partial charge in [0.05, 0.1) is 13.0 Å². The molecule has 26 heavy (non-hydrogen) atoms. The second kappa shape index (κ2) is 8.05. The van der Waals surface area contributed by atoms with Crippen molar-refractivity contribution in [3.63, 3.8) is 0 Å². The number of ether oxygens (including phenoxy) is 1. The van der Waals surface area contributed by atoms with Gasteiger partial charge in [-0.25, -0.2) is 12.7 Å². The second-order valence-electron chi connectivity index (χ2n) is 6.45. The summed E-state index contributed by atoms with van der Waals surface area (Å²) >= 11 is 0. The summed E-state index contributed by atoms with van der Waals surface area (Å²) in [6.07, 6.45) is 1.45. The highest BCUT2D eigenvalue weighted by molar-refractivity contribution is 7.89. The van der Waals surface area contributed by atoms with Gasteiger partial charge in [-0.1, -0.05) is 0 Å². The number of hydrogen-bond acceptors (Lipinski definition) is 5. The molecule has 0 aromatic heterocycles. The van der Waals surface area contributed by atoms with Crippen LogP contribution in [0.3, 0.4) is 0 Å². The van der Waals surface area contributed by atoms with Gasteiger partial charge in [-0.15, -0.1) is 0 Å². The number of nitrogens with zero attached hydrogens (tertiary/aromatic N) is 2. The Morgan fingerprint density at radius 2 is 2.00 bits per heavy atom. The minimum atomic E-state index is -3.72. The standard InChI is InChI=1S/C17H25N3O5S/c1-12(21)20-9-5-6-13(11-20)17(22)18-14-7-8-15(25-4)16(10-14)26(23,24)19(2)3/h7-8,10,13H,5-6,9,11H2,1-4H3,(H,18,22)/t13-/m0/s1. The smallest absolute Gasteiger partial charge is 0.246 e. The molecule has 1 aromatic carbocycles. The van der Waals surface area contributed by atoms with Gasteiger partial charge in [-0.05, 0) is 31.0 Å². The number of nitrogens with one attached hydrogen (secondary N) is 1. The van der Waals surface area contributed by atoms with Crippen molar-refractivity contribution in [3.05, 3.63) is 18.2 Å². The zero-order chi connectivity index (χ0) is 19.5. The third-order valence-corrected chi connectivity index (χ3v) is 6.26. The van der Waals surface area contributed by atoms with E-state index in [2.05, 4.69) is 5.32 Å². The van der Waals surface area contributed by atoms with E-state index >= 15 is 0 Å². The van der Waals surface area contributed by atoms with Gasteiger partial charge in [0.2, 0.25) is 21.8 Å². The summed E-state index contributed by atoms with van der Waals surface area (Å²) in [4.78, 5) is 25.7. The van der Waals surface area contributed by atoms with Gasteiger partial charge < -0.3 is 15.0 Å². The van der Waals surface area contributed by atoms with E-state index < -0.39 is 10.0 Å². The van der Waals surface area contributed by atoms with Gasteiger partial charge in [0, 0.05) is 39.8 Å². The van der Waals surface area contributed by atoms with E-state index in [4.69, 9.17) is 4.74 Å². The number of benzene rings is 1. The van der Waals surface area contributed by atoms with Gasteiger partial charge >= 0.3 is 0 Å². The second-order valence-corrected chi connectivity index (χ2v) is 8.57. The Morgan fingerprint density at radius 3 is 2.58 bits per heavy atom. The molecule has 1 aliphatic rings. The Hall–Kier alpha value is -2.13. The predicted octanol–water partition coefficient (Wildman–Crippen LogP) is 1.14. The summed E-state index contributed by atoms with van der Waals surface area (Å²) in [6.45, 7) is 2.52. The van der Waals surface area contributed by atoms with Crippen LogP contribution < -0.4 is 10.1 Å². The van der Waals surface area contributed by atoms with Crippen molar-refractivity contribution in [2.45, 2.75) is 24.7 Å². The van der Waals surface area contributed by atoms with Crippen LogP contribution in [-0.2, 0) is 19.6 Å². The molecule has 1 fully saturated rings. The number of hydrogen-bond donors (Lipinski definition) is 1.